The molecule has 1 aliphatic rings. The Hall–Kier alpha value is -2.63. The summed E-state index contributed by atoms with van der Waals surface area (Å²) in [6.07, 6.45) is -4.36. The van der Waals surface area contributed by atoms with Crippen LogP contribution in [0.15, 0.2) is 66.7 Å². The van der Waals surface area contributed by atoms with E-state index in [1.807, 2.05) is 12.1 Å². The van der Waals surface area contributed by atoms with Crippen molar-refractivity contribution in [1.82, 2.24) is 4.98 Å². The first kappa shape index (κ1) is 19.3. The first-order valence-electron chi connectivity index (χ1n) is 9.29. The SMILES string of the molecule is FC(F)(F)[C@@]1(c2cc(Cl)cc(Cl)c2)Nc2ccccc2Cc2[nH]c3ccccc3c21. The van der Waals surface area contributed by atoms with E-state index in [0.29, 0.717) is 28.7 Å². The summed E-state index contributed by atoms with van der Waals surface area (Å²) in [4.78, 5) is 3.22. The van der Waals surface area contributed by atoms with Gasteiger partial charge in [0.1, 0.15) is 0 Å². The van der Waals surface area contributed by atoms with E-state index in [1.165, 1.54) is 18.2 Å². The highest BCUT2D eigenvalue weighted by atomic mass is 35.5. The molecule has 30 heavy (non-hydrogen) atoms. The molecule has 0 spiro atoms. The number of benzene rings is 3. The Kier molecular flexibility index (Phi) is 4.31. The lowest BCUT2D eigenvalue weighted by atomic mass is 9.80. The van der Waals surface area contributed by atoms with Gasteiger partial charge in [-0.15, -0.1) is 0 Å². The third kappa shape index (κ3) is 2.80. The number of nitrogens with one attached hydrogen (secondary N) is 2. The molecule has 2 nitrogen and oxygen atoms in total. The van der Waals surface area contributed by atoms with Crippen LogP contribution >= 0.6 is 23.2 Å². The summed E-state index contributed by atoms with van der Waals surface area (Å²) in [5, 5.41) is 3.64. The van der Waals surface area contributed by atoms with E-state index in [2.05, 4.69) is 10.3 Å². The van der Waals surface area contributed by atoms with Gasteiger partial charge < -0.3 is 10.3 Å². The molecule has 2 N–H and O–H groups in total. The molecule has 0 bridgehead atoms. The molecule has 3 aromatic carbocycles. The van der Waals surface area contributed by atoms with Crippen LogP contribution in [0.25, 0.3) is 10.9 Å². The molecule has 152 valence electrons. The molecule has 0 aliphatic carbocycles. The number of H-pyrrole nitrogens is 1. The normalized spacial score (nSPS) is 18.4. The van der Waals surface area contributed by atoms with E-state index in [4.69, 9.17) is 23.2 Å². The van der Waals surface area contributed by atoms with Crippen molar-refractivity contribution < 1.29 is 13.2 Å². The van der Waals surface area contributed by atoms with E-state index in [0.717, 1.165) is 5.56 Å². The first-order valence-corrected chi connectivity index (χ1v) is 10.0. The summed E-state index contributed by atoms with van der Waals surface area (Å²) in [5.41, 5.74) is -0.129. The molecule has 7 heteroatoms. The fourth-order valence-corrected chi connectivity index (χ4v) is 4.90. The smallest absolute Gasteiger partial charge is 0.364 e. The second-order valence-corrected chi connectivity index (χ2v) is 8.26. The number of rotatable bonds is 1. The van der Waals surface area contributed by atoms with Gasteiger partial charge in [0.2, 0.25) is 0 Å². The Balaban J connectivity index is 1.96. The van der Waals surface area contributed by atoms with Crippen LogP contribution in [0.2, 0.25) is 10.0 Å². The molecule has 4 aromatic rings. The van der Waals surface area contributed by atoms with E-state index < -0.39 is 11.7 Å². The number of aromatic amines is 1. The highest BCUT2D eigenvalue weighted by Gasteiger charge is 2.60. The quantitative estimate of drug-likeness (QED) is 0.315. The van der Waals surface area contributed by atoms with Crippen LogP contribution in [0, 0.1) is 0 Å². The van der Waals surface area contributed by atoms with Crippen molar-refractivity contribution in [3.8, 4) is 0 Å². The van der Waals surface area contributed by atoms with Crippen molar-refractivity contribution in [2.24, 2.45) is 0 Å². The van der Waals surface area contributed by atoms with E-state index in [9.17, 15) is 0 Å². The van der Waals surface area contributed by atoms with Crippen LogP contribution in [0.5, 0.6) is 0 Å². The molecule has 0 saturated heterocycles. The Labute approximate surface area is 180 Å². The zero-order valence-electron chi connectivity index (χ0n) is 15.4. The number of hydrogen-bond donors (Lipinski definition) is 2. The maximum Gasteiger partial charge on any atom is 0.420 e. The fraction of sp³-hybridized carbons (Fsp3) is 0.130. The van der Waals surface area contributed by atoms with Gasteiger partial charge in [-0.1, -0.05) is 59.6 Å². The molecular formula is C23H15Cl2F3N2. The minimum absolute atomic E-state index is 0.0600. The van der Waals surface area contributed by atoms with Crippen molar-refractivity contribution in [2.45, 2.75) is 18.1 Å². The fourth-order valence-electron chi connectivity index (χ4n) is 4.37. The molecule has 5 rings (SSSR count). The Morgan fingerprint density at radius 1 is 0.867 bits per heavy atom. The predicted octanol–water partition coefficient (Wildman–Crippen LogP) is 7.30. The molecule has 1 atom stereocenters. The highest BCUT2D eigenvalue weighted by Crippen LogP contribution is 2.53. The molecule has 1 aliphatic heterocycles. The van der Waals surface area contributed by atoms with Gasteiger partial charge in [0.05, 0.1) is 0 Å². The maximum atomic E-state index is 15.1. The monoisotopic (exact) mass is 446 g/mol. The largest absolute Gasteiger partial charge is 0.420 e. The van der Waals surface area contributed by atoms with E-state index in [-0.39, 0.29) is 21.2 Å². The summed E-state index contributed by atoms with van der Waals surface area (Å²) in [6.45, 7) is 0. The molecular weight excluding hydrogens is 432 g/mol. The van der Waals surface area contributed by atoms with Crippen molar-refractivity contribution >= 4 is 39.8 Å². The number of halogens is 5. The lowest BCUT2D eigenvalue weighted by Crippen LogP contribution is -2.50. The lowest BCUT2D eigenvalue weighted by Gasteiger charge is -2.38. The first-order chi connectivity index (χ1) is 14.3. The van der Waals surface area contributed by atoms with Crippen LogP contribution in [-0.2, 0) is 12.0 Å². The molecule has 1 aromatic heterocycles. The second kappa shape index (κ2) is 6.69. The summed E-state index contributed by atoms with van der Waals surface area (Å²) in [5.74, 6) is 0. The second-order valence-electron chi connectivity index (χ2n) is 7.39. The van der Waals surface area contributed by atoms with Crippen molar-refractivity contribution in [2.75, 3.05) is 5.32 Å². The number of anilines is 1. The van der Waals surface area contributed by atoms with E-state index in [1.54, 1.807) is 36.4 Å². The number of fused-ring (bicyclic) bond motifs is 4. The minimum atomic E-state index is -4.70. The summed E-state index contributed by atoms with van der Waals surface area (Å²) >= 11 is 12.3. The third-order valence-electron chi connectivity index (χ3n) is 5.59. The lowest BCUT2D eigenvalue weighted by molar-refractivity contribution is -0.169. The van der Waals surface area contributed by atoms with Crippen molar-refractivity contribution in [1.29, 1.82) is 0 Å². The van der Waals surface area contributed by atoms with Crippen LogP contribution in [0.1, 0.15) is 22.4 Å². The van der Waals surface area contributed by atoms with Gasteiger partial charge in [-0.3, -0.25) is 0 Å². The van der Waals surface area contributed by atoms with Gasteiger partial charge in [-0.2, -0.15) is 13.2 Å². The van der Waals surface area contributed by atoms with Crippen LogP contribution in [0.3, 0.4) is 0 Å². The van der Waals surface area contributed by atoms with Crippen molar-refractivity contribution in [3.63, 3.8) is 0 Å². The summed E-state index contributed by atoms with van der Waals surface area (Å²) < 4.78 is 45.4. The van der Waals surface area contributed by atoms with Crippen LogP contribution < -0.4 is 5.32 Å². The average molecular weight is 447 g/mol. The summed E-state index contributed by atoms with van der Waals surface area (Å²) in [6, 6.07) is 18.1. The van der Waals surface area contributed by atoms with Crippen LogP contribution in [-0.4, -0.2) is 11.2 Å². The van der Waals surface area contributed by atoms with Gasteiger partial charge in [0.25, 0.3) is 0 Å². The number of alkyl halides is 3. The zero-order chi connectivity index (χ0) is 21.1. The minimum Gasteiger partial charge on any atom is -0.364 e. The van der Waals surface area contributed by atoms with Gasteiger partial charge in [-0.05, 0) is 41.5 Å². The van der Waals surface area contributed by atoms with Gasteiger partial charge in [-0.25, -0.2) is 0 Å². The van der Waals surface area contributed by atoms with Crippen molar-refractivity contribution in [3.05, 3.63) is 99.2 Å². The molecule has 2 heterocycles. The molecule has 0 radical (unpaired) electrons. The Morgan fingerprint density at radius 3 is 2.27 bits per heavy atom. The topological polar surface area (TPSA) is 27.8 Å². The average Bonchev–Trinajstić information content (AvgIpc) is 2.95. The predicted molar refractivity (Wildman–Crippen MR) is 114 cm³/mol. The molecule has 0 amide bonds. The maximum absolute atomic E-state index is 15.1. The Morgan fingerprint density at radius 2 is 1.53 bits per heavy atom. The van der Waals surface area contributed by atoms with Gasteiger partial charge in [0.15, 0.2) is 5.54 Å². The molecule has 0 saturated carbocycles. The van der Waals surface area contributed by atoms with Gasteiger partial charge >= 0.3 is 6.18 Å². The number of aromatic nitrogens is 1. The number of para-hydroxylation sites is 2. The highest BCUT2D eigenvalue weighted by molar-refractivity contribution is 6.34. The Bertz CT molecular complexity index is 1260. The number of hydrogen-bond acceptors (Lipinski definition) is 1. The summed E-state index contributed by atoms with van der Waals surface area (Å²) in [7, 11) is 0. The molecule has 0 fully saturated rings. The van der Waals surface area contributed by atoms with E-state index >= 15 is 13.2 Å². The van der Waals surface area contributed by atoms with Crippen LogP contribution in [0.4, 0.5) is 18.9 Å². The third-order valence-corrected chi connectivity index (χ3v) is 6.02. The standard InChI is InChI=1S/C23H15Cl2F3N2/c24-15-10-14(11-16(25)12-15)22(23(26,27)28)21-17-6-2-4-8-19(17)29-20(21)9-13-5-1-3-7-18(13)30-22/h1-8,10-12,29-30H,9H2/t22-/m0/s1. The molecule has 0 unspecified atom stereocenters. The zero-order valence-corrected chi connectivity index (χ0v) is 17.0. The van der Waals surface area contributed by atoms with Gasteiger partial charge in [0, 0.05) is 44.3 Å².